The van der Waals surface area contributed by atoms with E-state index in [0.29, 0.717) is 12.1 Å². The third kappa shape index (κ3) is 4.26. The van der Waals surface area contributed by atoms with E-state index < -0.39 is 0 Å². The van der Waals surface area contributed by atoms with Gasteiger partial charge in [-0.1, -0.05) is 12.1 Å². The number of rotatable bonds is 4. The maximum Gasteiger partial charge on any atom is 0.253 e. The Labute approximate surface area is 118 Å². The van der Waals surface area contributed by atoms with E-state index in [2.05, 4.69) is 10.3 Å². The first-order valence-corrected chi connectivity index (χ1v) is 5.61. The number of hydrogen-bond donors (Lipinski definition) is 1. The molecule has 0 radical (unpaired) electrons. The average molecular weight is 279 g/mol. The second kappa shape index (κ2) is 7.38. The number of nitrogens with zero attached hydrogens (tertiary/aromatic N) is 1. The normalized spacial score (nSPS) is 9.32. The van der Waals surface area contributed by atoms with E-state index in [1.807, 2.05) is 24.3 Å². The molecule has 1 heterocycles. The highest BCUT2D eigenvalue weighted by Crippen LogP contribution is 2.11. The van der Waals surface area contributed by atoms with Crippen molar-refractivity contribution in [3.8, 4) is 5.75 Å². The van der Waals surface area contributed by atoms with Crippen LogP contribution in [-0.4, -0.2) is 18.0 Å². The standard InChI is InChI=1S/C14H14N2O2.ClH/c1-18-13-6-4-11(5-7-13)9-16-14(17)12-3-2-8-15-10-12;/h2-8,10H,9H2,1H3,(H,16,17);1H. The summed E-state index contributed by atoms with van der Waals surface area (Å²) in [7, 11) is 1.62. The van der Waals surface area contributed by atoms with E-state index in [0.717, 1.165) is 11.3 Å². The van der Waals surface area contributed by atoms with Gasteiger partial charge in [-0.05, 0) is 29.8 Å². The number of hydrogen-bond acceptors (Lipinski definition) is 3. The largest absolute Gasteiger partial charge is 0.497 e. The van der Waals surface area contributed by atoms with Crippen LogP contribution in [0.15, 0.2) is 48.8 Å². The molecule has 4 nitrogen and oxygen atoms in total. The zero-order chi connectivity index (χ0) is 12.8. The number of pyridine rings is 1. The maximum atomic E-state index is 11.8. The molecular weight excluding hydrogens is 264 g/mol. The minimum absolute atomic E-state index is 0. The Hall–Kier alpha value is -2.07. The van der Waals surface area contributed by atoms with Gasteiger partial charge in [0, 0.05) is 18.9 Å². The van der Waals surface area contributed by atoms with Crippen LogP contribution in [0, 0.1) is 0 Å². The molecule has 1 aromatic heterocycles. The monoisotopic (exact) mass is 278 g/mol. The van der Waals surface area contributed by atoms with Gasteiger partial charge in [0.2, 0.25) is 0 Å². The lowest BCUT2D eigenvalue weighted by Crippen LogP contribution is -2.22. The molecule has 1 aromatic carbocycles. The van der Waals surface area contributed by atoms with Crippen molar-refractivity contribution >= 4 is 18.3 Å². The summed E-state index contributed by atoms with van der Waals surface area (Å²) in [6.07, 6.45) is 3.18. The van der Waals surface area contributed by atoms with Gasteiger partial charge in [0.1, 0.15) is 5.75 Å². The molecule has 1 amide bonds. The van der Waals surface area contributed by atoms with Crippen LogP contribution in [0.2, 0.25) is 0 Å². The molecule has 0 aliphatic rings. The van der Waals surface area contributed by atoms with Crippen molar-refractivity contribution in [3.63, 3.8) is 0 Å². The Balaban J connectivity index is 0.00000180. The molecule has 0 saturated carbocycles. The number of halogens is 1. The Bertz CT molecular complexity index is 515. The van der Waals surface area contributed by atoms with Crippen LogP contribution < -0.4 is 10.1 Å². The molecular formula is C14H15ClN2O2. The molecule has 0 bridgehead atoms. The van der Waals surface area contributed by atoms with Gasteiger partial charge in [-0.3, -0.25) is 9.78 Å². The summed E-state index contributed by atoms with van der Waals surface area (Å²) in [5.41, 5.74) is 1.58. The van der Waals surface area contributed by atoms with Crippen LogP contribution >= 0.6 is 12.4 Å². The van der Waals surface area contributed by atoms with Crippen molar-refractivity contribution < 1.29 is 9.53 Å². The molecule has 1 N–H and O–H groups in total. The Morgan fingerprint density at radius 3 is 2.58 bits per heavy atom. The van der Waals surface area contributed by atoms with E-state index in [4.69, 9.17) is 4.74 Å². The second-order valence-electron chi connectivity index (χ2n) is 3.77. The molecule has 0 spiro atoms. The summed E-state index contributed by atoms with van der Waals surface area (Å²) in [5, 5.41) is 2.83. The minimum Gasteiger partial charge on any atom is -0.497 e. The van der Waals surface area contributed by atoms with Crippen LogP contribution in [0.1, 0.15) is 15.9 Å². The van der Waals surface area contributed by atoms with Gasteiger partial charge in [0.25, 0.3) is 5.91 Å². The summed E-state index contributed by atoms with van der Waals surface area (Å²) in [5.74, 6) is 0.677. The molecule has 2 rings (SSSR count). The van der Waals surface area contributed by atoms with Crippen molar-refractivity contribution in [1.82, 2.24) is 10.3 Å². The van der Waals surface area contributed by atoms with Crippen molar-refractivity contribution in [2.24, 2.45) is 0 Å². The fourth-order valence-corrected chi connectivity index (χ4v) is 1.52. The van der Waals surface area contributed by atoms with Crippen LogP contribution in [0.25, 0.3) is 0 Å². The van der Waals surface area contributed by atoms with Gasteiger partial charge in [-0.25, -0.2) is 0 Å². The molecule has 0 atom stereocenters. The van der Waals surface area contributed by atoms with Gasteiger partial charge < -0.3 is 10.1 Å². The molecule has 0 aliphatic carbocycles. The third-order valence-electron chi connectivity index (χ3n) is 2.54. The molecule has 0 aliphatic heterocycles. The number of carbonyl (C=O) groups is 1. The lowest BCUT2D eigenvalue weighted by molar-refractivity contribution is 0.0950. The number of amides is 1. The van der Waals surface area contributed by atoms with E-state index >= 15 is 0 Å². The summed E-state index contributed by atoms with van der Waals surface area (Å²) in [6.45, 7) is 0.484. The summed E-state index contributed by atoms with van der Waals surface area (Å²) < 4.78 is 5.07. The first-order chi connectivity index (χ1) is 8.79. The fourth-order valence-electron chi connectivity index (χ4n) is 1.52. The van der Waals surface area contributed by atoms with Crippen molar-refractivity contribution in [2.45, 2.75) is 6.54 Å². The third-order valence-corrected chi connectivity index (χ3v) is 2.54. The van der Waals surface area contributed by atoms with Gasteiger partial charge in [-0.15, -0.1) is 12.4 Å². The van der Waals surface area contributed by atoms with E-state index in [1.165, 1.54) is 0 Å². The number of aromatic nitrogens is 1. The highest BCUT2D eigenvalue weighted by molar-refractivity contribution is 5.93. The number of benzene rings is 1. The highest BCUT2D eigenvalue weighted by atomic mass is 35.5. The number of nitrogens with one attached hydrogen (secondary N) is 1. The van der Waals surface area contributed by atoms with Crippen LogP contribution in [0.4, 0.5) is 0 Å². The predicted octanol–water partition coefficient (Wildman–Crippen LogP) is 2.44. The number of carbonyl (C=O) groups excluding carboxylic acids is 1. The first-order valence-electron chi connectivity index (χ1n) is 5.61. The lowest BCUT2D eigenvalue weighted by atomic mass is 10.2. The smallest absolute Gasteiger partial charge is 0.253 e. The van der Waals surface area contributed by atoms with Crippen LogP contribution in [0.3, 0.4) is 0 Å². The van der Waals surface area contributed by atoms with Gasteiger partial charge >= 0.3 is 0 Å². The van der Waals surface area contributed by atoms with Crippen molar-refractivity contribution in [1.29, 1.82) is 0 Å². The molecule has 5 heteroatoms. The Morgan fingerprint density at radius 2 is 2.00 bits per heavy atom. The minimum atomic E-state index is -0.126. The van der Waals surface area contributed by atoms with Crippen LogP contribution in [-0.2, 0) is 6.54 Å². The average Bonchev–Trinajstić information content (AvgIpc) is 2.46. The number of methoxy groups -OCH3 is 1. The van der Waals surface area contributed by atoms with Gasteiger partial charge in [-0.2, -0.15) is 0 Å². The SMILES string of the molecule is COc1ccc(CNC(=O)c2cccnc2)cc1.Cl. The lowest BCUT2D eigenvalue weighted by Gasteiger charge is -2.06. The molecule has 0 fully saturated rings. The van der Waals surface area contributed by atoms with E-state index in [-0.39, 0.29) is 18.3 Å². The number of ether oxygens (including phenoxy) is 1. The zero-order valence-corrected chi connectivity index (χ0v) is 11.3. The Morgan fingerprint density at radius 1 is 1.26 bits per heavy atom. The van der Waals surface area contributed by atoms with Crippen molar-refractivity contribution in [3.05, 3.63) is 59.9 Å². The van der Waals surface area contributed by atoms with E-state index in [9.17, 15) is 4.79 Å². The van der Waals surface area contributed by atoms with Gasteiger partial charge in [0.15, 0.2) is 0 Å². The topological polar surface area (TPSA) is 51.2 Å². The molecule has 0 saturated heterocycles. The summed E-state index contributed by atoms with van der Waals surface area (Å²) in [6, 6.07) is 11.0. The molecule has 0 unspecified atom stereocenters. The second-order valence-corrected chi connectivity index (χ2v) is 3.77. The summed E-state index contributed by atoms with van der Waals surface area (Å²) >= 11 is 0. The maximum absolute atomic E-state index is 11.8. The van der Waals surface area contributed by atoms with E-state index in [1.54, 1.807) is 31.6 Å². The molecule has 19 heavy (non-hydrogen) atoms. The van der Waals surface area contributed by atoms with Crippen molar-refractivity contribution in [2.75, 3.05) is 7.11 Å². The fraction of sp³-hybridized carbons (Fsp3) is 0.143. The molecule has 100 valence electrons. The zero-order valence-electron chi connectivity index (χ0n) is 10.5. The van der Waals surface area contributed by atoms with Crippen LogP contribution in [0.5, 0.6) is 5.75 Å². The highest BCUT2D eigenvalue weighted by Gasteiger charge is 2.04. The Kier molecular flexibility index (Phi) is 5.82. The first kappa shape index (κ1) is 15.0. The predicted molar refractivity (Wildman–Crippen MR) is 75.6 cm³/mol. The quantitative estimate of drug-likeness (QED) is 0.935. The molecule has 2 aromatic rings. The van der Waals surface area contributed by atoms with Gasteiger partial charge in [0.05, 0.1) is 12.7 Å². The summed E-state index contributed by atoms with van der Waals surface area (Å²) in [4.78, 5) is 15.7.